The molecule has 1 aromatic rings. The van der Waals surface area contributed by atoms with Crippen LogP contribution in [-0.2, 0) is 0 Å². The lowest BCUT2D eigenvalue weighted by Crippen LogP contribution is -2.42. The van der Waals surface area contributed by atoms with E-state index >= 15 is 0 Å². The Kier molecular flexibility index (Phi) is 5.05. The molecule has 1 aliphatic heterocycles. The average molecular weight is 286 g/mol. The van der Waals surface area contributed by atoms with Crippen molar-refractivity contribution in [3.05, 3.63) is 35.9 Å². The number of nitrogens with zero attached hydrogens (tertiary/aromatic N) is 1. The largest absolute Gasteiger partial charge is 0.408 e. The van der Waals surface area contributed by atoms with E-state index in [0.29, 0.717) is 18.0 Å². The molecule has 112 valence electrons. The number of nitrogens with one attached hydrogen (secondary N) is 1. The summed E-state index contributed by atoms with van der Waals surface area (Å²) in [6, 6.07) is 6.63. The first-order valence-electron chi connectivity index (χ1n) is 7.01. The van der Waals surface area contributed by atoms with Crippen molar-refractivity contribution in [3.63, 3.8) is 0 Å². The molecule has 0 saturated carbocycles. The van der Waals surface area contributed by atoms with Crippen LogP contribution in [0, 0.1) is 5.92 Å². The molecule has 2 rings (SSSR count). The molecule has 0 aliphatic carbocycles. The average Bonchev–Trinajstić information content (AvgIpc) is 2.39. The SMILES string of the molecule is CN(CC1CCCNC1)C(c1ccccc1)C(F)(F)F. The van der Waals surface area contributed by atoms with Crippen LogP contribution in [0.15, 0.2) is 30.3 Å². The molecule has 0 aromatic heterocycles. The predicted molar refractivity (Wildman–Crippen MR) is 73.5 cm³/mol. The number of rotatable bonds is 4. The van der Waals surface area contributed by atoms with Crippen molar-refractivity contribution in [1.29, 1.82) is 0 Å². The first-order valence-corrected chi connectivity index (χ1v) is 7.01. The summed E-state index contributed by atoms with van der Waals surface area (Å²) >= 11 is 0. The molecule has 2 unspecified atom stereocenters. The Morgan fingerprint density at radius 2 is 2.00 bits per heavy atom. The Morgan fingerprint density at radius 1 is 1.30 bits per heavy atom. The number of hydrogen-bond acceptors (Lipinski definition) is 2. The van der Waals surface area contributed by atoms with Crippen molar-refractivity contribution in [1.82, 2.24) is 10.2 Å². The van der Waals surface area contributed by atoms with Crippen LogP contribution in [0.1, 0.15) is 24.4 Å². The van der Waals surface area contributed by atoms with Gasteiger partial charge >= 0.3 is 6.18 Å². The topological polar surface area (TPSA) is 15.3 Å². The van der Waals surface area contributed by atoms with E-state index in [1.807, 2.05) is 0 Å². The smallest absolute Gasteiger partial charge is 0.316 e. The van der Waals surface area contributed by atoms with Crippen molar-refractivity contribution in [2.24, 2.45) is 5.92 Å². The van der Waals surface area contributed by atoms with Gasteiger partial charge in [0.1, 0.15) is 6.04 Å². The zero-order chi connectivity index (χ0) is 14.6. The Morgan fingerprint density at radius 3 is 2.55 bits per heavy atom. The highest BCUT2D eigenvalue weighted by atomic mass is 19.4. The van der Waals surface area contributed by atoms with Crippen LogP contribution in [-0.4, -0.2) is 37.8 Å². The van der Waals surface area contributed by atoms with Crippen LogP contribution in [0.3, 0.4) is 0 Å². The van der Waals surface area contributed by atoms with Gasteiger partial charge in [-0.3, -0.25) is 4.90 Å². The zero-order valence-electron chi connectivity index (χ0n) is 11.7. The number of benzene rings is 1. The van der Waals surface area contributed by atoms with E-state index in [0.717, 1.165) is 25.9 Å². The number of halogens is 3. The second-order valence-electron chi connectivity index (χ2n) is 5.51. The van der Waals surface area contributed by atoms with Crippen LogP contribution in [0.25, 0.3) is 0 Å². The van der Waals surface area contributed by atoms with Crippen molar-refractivity contribution in [2.45, 2.75) is 25.1 Å². The van der Waals surface area contributed by atoms with Gasteiger partial charge in [-0.05, 0) is 44.5 Å². The predicted octanol–water partition coefficient (Wildman–Crippen LogP) is 3.22. The zero-order valence-corrected chi connectivity index (χ0v) is 11.7. The van der Waals surface area contributed by atoms with Gasteiger partial charge in [0.15, 0.2) is 0 Å². The molecule has 2 nitrogen and oxygen atoms in total. The second-order valence-corrected chi connectivity index (χ2v) is 5.51. The van der Waals surface area contributed by atoms with Gasteiger partial charge in [0.25, 0.3) is 0 Å². The van der Waals surface area contributed by atoms with Crippen LogP contribution in [0.4, 0.5) is 13.2 Å². The van der Waals surface area contributed by atoms with Crippen molar-refractivity contribution in [2.75, 3.05) is 26.7 Å². The van der Waals surface area contributed by atoms with Gasteiger partial charge in [-0.15, -0.1) is 0 Å². The third-order valence-corrected chi connectivity index (χ3v) is 3.81. The number of hydrogen-bond donors (Lipinski definition) is 1. The van der Waals surface area contributed by atoms with Crippen LogP contribution in [0.5, 0.6) is 0 Å². The first-order chi connectivity index (χ1) is 9.48. The maximum Gasteiger partial charge on any atom is 0.408 e. The van der Waals surface area contributed by atoms with Crippen molar-refractivity contribution < 1.29 is 13.2 Å². The minimum absolute atomic E-state index is 0.294. The maximum atomic E-state index is 13.4. The summed E-state index contributed by atoms with van der Waals surface area (Å²) in [6.45, 7) is 2.25. The van der Waals surface area contributed by atoms with E-state index in [9.17, 15) is 13.2 Å². The Bertz CT molecular complexity index is 399. The van der Waals surface area contributed by atoms with E-state index in [1.165, 1.54) is 4.90 Å². The Labute approximate surface area is 118 Å². The number of alkyl halides is 3. The minimum atomic E-state index is -4.25. The Balaban J connectivity index is 2.10. The van der Waals surface area contributed by atoms with Gasteiger partial charge < -0.3 is 5.32 Å². The summed E-state index contributed by atoms with van der Waals surface area (Å²) in [5, 5.41) is 3.25. The molecule has 1 aliphatic rings. The van der Waals surface area contributed by atoms with Gasteiger partial charge in [-0.2, -0.15) is 13.2 Å². The molecule has 1 N–H and O–H groups in total. The summed E-state index contributed by atoms with van der Waals surface area (Å²) in [7, 11) is 1.57. The molecule has 2 atom stereocenters. The minimum Gasteiger partial charge on any atom is -0.316 e. The van der Waals surface area contributed by atoms with Gasteiger partial charge in [-0.1, -0.05) is 30.3 Å². The van der Waals surface area contributed by atoms with Gasteiger partial charge in [0.05, 0.1) is 0 Å². The maximum absolute atomic E-state index is 13.4. The second kappa shape index (κ2) is 6.59. The highest BCUT2D eigenvalue weighted by Gasteiger charge is 2.43. The van der Waals surface area contributed by atoms with Crippen molar-refractivity contribution >= 4 is 0 Å². The van der Waals surface area contributed by atoms with E-state index in [2.05, 4.69) is 5.32 Å². The molecule has 1 saturated heterocycles. The third-order valence-electron chi connectivity index (χ3n) is 3.81. The van der Waals surface area contributed by atoms with Crippen LogP contribution >= 0.6 is 0 Å². The summed E-state index contributed by atoms with van der Waals surface area (Å²) in [6.07, 6.45) is -2.21. The molecule has 0 spiro atoms. The Hall–Kier alpha value is -1.07. The molecule has 1 heterocycles. The summed E-state index contributed by atoms with van der Waals surface area (Å²) < 4.78 is 40.1. The molecular formula is C15H21F3N2. The van der Waals surface area contributed by atoms with Gasteiger partial charge in [0.2, 0.25) is 0 Å². The van der Waals surface area contributed by atoms with E-state index in [1.54, 1.807) is 37.4 Å². The van der Waals surface area contributed by atoms with Gasteiger partial charge in [-0.25, -0.2) is 0 Å². The fourth-order valence-electron chi connectivity index (χ4n) is 2.92. The molecule has 20 heavy (non-hydrogen) atoms. The van der Waals surface area contributed by atoms with Crippen LogP contribution < -0.4 is 5.32 Å². The molecular weight excluding hydrogens is 265 g/mol. The molecule has 1 fully saturated rings. The molecule has 1 aromatic carbocycles. The van der Waals surface area contributed by atoms with E-state index in [-0.39, 0.29) is 0 Å². The highest BCUT2D eigenvalue weighted by Crippen LogP contribution is 2.37. The van der Waals surface area contributed by atoms with E-state index < -0.39 is 12.2 Å². The van der Waals surface area contributed by atoms with Gasteiger partial charge in [0, 0.05) is 6.54 Å². The quantitative estimate of drug-likeness (QED) is 0.914. The molecule has 0 radical (unpaired) electrons. The standard InChI is InChI=1S/C15H21F3N2/c1-20(11-12-6-5-9-19-10-12)14(15(16,17)18)13-7-3-2-4-8-13/h2-4,7-8,12,14,19H,5-6,9-11H2,1H3. The molecule has 5 heteroatoms. The fraction of sp³-hybridized carbons (Fsp3) is 0.600. The van der Waals surface area contributed by atoms with Crippen LogP contribution in [0.2, 0.25) is 0 Å². The van der Waals surface area contributed by atoms with E-state index in [4.69, 9.17) is 0 Å². The summed E-state index contributed by atoms with van der Waals surface area (Å²) in [4.78, 5) is 1.44. The summed E-state index contributed by atoms with van der Waals surface area (Å²) in [5.74, 6) is 0.294. The molecule has 0 amide bonds. The number of piperidine rings is 1. The first kappa shape index (κ1) is 15.3. The highest BCUT2D eigenvalue weighted by molar-refractivity contribution is 5.20. The normalized spacial score (nSPS) is 21.9. The molecule has 0 bridgehead atoms. The summed E-state index contributed by atoms with van der Waals surface area (Å²) in [5.41, 5.74) is 0.311. The third kappa shape index (κ3) is 3.96. The monoisotopic (exact) mass is 286 g/mol. The van der Waals surface area contributed by atoms with Crippen molar-refractivity contribution in [3.8, 4) is 0 Å². The lowest BCUT2D eigenvalue weighted by molar-refractivity contribution is -0.184. The lowest BCUT2D eigenvalue weighted by atomic mass is 9.97. The fourth-order valence-corrected chi connectivity index (χ4v) is 2.92. The lowest BCUT2D eigenvalue weighted by Gasteiger charge is -2.34.